The van der Waals surface area contributed by atoms with Crippen LogP contribution in [0.1, 0.15) is 258 Å². The van der Waals surface area contributed by atoms with Crippen molar-refractivity contribution >= 4 is 17.9 Å². The summed E-state index contributed by atoms with van der Waals surface area (Å²) in [6, 6.07) is 0. The van der Waals surface area contributed by atoms with E-state index in [4.69, 9.17) is 14.2 Å². The highest BCUT2D eigenvalue weighted by molar-refractivity contribution is 5.71. The number of hydrogen-bond acceptors (Lipinski definition) is 6. The van der Waals surface area contributed by atoms with E-state index in [1.165, 1.54) is 141 Å². The molecule has 1 unspecified atom stereocenters. The van der Waals surface area contributed by atoms with Crippen LogP contribution in [0.25, 0.3) is 0 Å². The van der Waals surface area contributed by atoms with Crippen molar-refractivity contribution in [1.82, 2.24) is 0 Å². The second kappa shape index (κ2) is 50.8. The zero-order chi connectivity index (χ0) is 45.1. The van der Waals surface area contributed by atoms with Crippen LogP contribution >= 0.6 is 0 Å². The Labute approximate surface area is 383 Å². The summed E-state index contributed by atoms with van der Waals surface area (Å²) in [6.07, 6.45) is 62.3. The van der Waals surface area contributed by atoms with Gasteiger partial charge in [0.25, 0.3) is 0 Å². The molecular formula is C56H98O6. The van der Waals surface area contributed by atoms with E-state index in [1.807, 2.05) is 12.2 Å². The maximum Gasteiger partial charge on any atom is 0.306 e. The number of carbonyl (C=O) groups is 3. The molecule has 0 N–H and O–H groups in total. The fourth-order valence-electron chi connectivity index (χ4n) is 7.37. The minimum absolute atomic E-state index is 0.101. The maximum absolute atomic E-state index is 12.7. The molecule has 0 aliphatic heterocycles. The third-order valence-electron chi connectivity index (χ3n) is 11.3. The van der Waals surface area contributed by atoms with Crippen LogP contribution in [-0.2, 0) is 28.6 Å². The molecule has 0 bridgehead atoms. The second-order valence-corrected chi connectivity index (χ2v) is 17.4. The quantitative estimate of drug-likeness (QED) is 0.0262. The van der Waals surface area contributed by atoms with Gasteiger partial charge in [0.1, 0.15) is 13.2 Å². The van der Waals surface area contributed by atoms with Crippen LogP contribution in [0.5, 0.6) is 0 Å². The Hall–Kier alpha value is -2.89. The lowest BCUT2D eigenvalue weighted by Crippen LogP contribution is -2.30. The third kappa shape index (κ3) is 48.1. The van der Waals surface area contributed by atoms with Crippen LogP contribution in [0.2, 0.25) is 0 Å². The van der Waals surface area contributed by atoms with E-state index < -0.39 is 6.10 Å². The normalized spacial score (nSPS) is 12.5. The lowest BCUT2D eigenvalue weighted by molar-refractivity contribution is -0.166. The molecule has 0 spiro atoms. The van der Waals surface area contributed by atoms with Gasteiger partial charge in [0.15, 0.2) is 6.10 Å². The SMILES string of the molecule is CC/C=C\C/C=C\C/C=C\C/C=C\C/C=C\CCC(=O)OC(COC(=O)CCCCCCCCCCC)COC(=O)CCCCCCCCCCCCCCCCCCCCC. The summed E-state index contributed by atoms with van der Waals surface area (Å²) in [4.78, 5) is 37.9. The van der Waals surface area contributed by atoms with Gasteiger partial charge in [0.05, 0.1) is 0 Å². The molecule has 0 saturated carbocycles. The van der Waals surface area contributed by atoms with Gasteiger partial charge >= 0.3 is 17.9 Å². The molecule has 358 valence electrons. The van der Waals surface area contributed by atoms with E-state index in [1.54, 1.807) is 0 Å². The van der Waals surface area contributed by atoms with Crippen molar-refractivity contribution in [3.8, 4) is 0 Å². The Morgan fingerprint density at radius 1 is 0.339 bits per heavy atom. The van der Waals surface area contributed by atoms with Crippen molar-refractivity contribution in [1.29, 1.82) is 0 Å². The number of esters is 3. The minimum Gasteiger partial charge on any atom is -0.462 e. The first kappa shape index (κ1) is 59.1. The molecule has 0 aromatic heterocycles. The van der Waals surface area contributed by atoms with Gasteiger partial charge in [-0.05, 0) is 51.4 Å². The summed E-state index contributed by atoms with van der Waals surface area (Å²) < 4.78 is 16.7. The van der Waals surface area contributed by atoms with E-state index in [9.17, 15) is 14.4 Å². The average Bonchev–Trinajstić information content (AvgIpc) is 3.27. The van der Waals surface area contributed by atoms with Crippen LogP contribution in [0, 0.1) is 0 Å². The Bertz CT molecular complexity index is 1130. The fourth-order valence-corrected chi connectivity index (χ4v) is 7.37. The molecule has 6 nitrogen and oxygen atoms in total. The summed E-state index contributed by atoms with van der Waals surface area (Å²) in [5.74, 6) is -0.980. The first-order chi connectivity index (χ1) is 30.5. The Balaban J connectivity index is 4.36. The Kier molecular flexibility index (Phi) is 48.4. The van der Waals surface area contributed by atoms with E-state index in [-0.39, 0.29) is 37.5 Å². The molecule has 0 rings (SSSR count). The molecule has 0 aromatic carbocycles. The van der Waals surface area contributed by atoms with Crippen LogP contribution in [-0.4, -0.2) is 37.2 Å². The van der Waals surface area contributed by atoms with Gasteiger partial charge in [-0.1, -0.05) is 248 Å². The molecular weight excluding hydrogens is 769 g/mol. The van der Waals surface area contributed by atoms with Gasteiger partial charge in [-0.3, -0.25) is 14.4 Å². The number of unbranched alkanes of at least 4 members (excludes halogenated alkanes) is 26. The summed E-state index contributed by atoms with van der Waals surface area (Å²) in [7, 11) is 0. The monoisotopic (exact) mass is 867 g/mol. The number of carbonyl (C=O) groups excluding carboxylic acids is 3. The topological polar surface area (TPSA) is 78.9 Å². The molecule has 0 radical (unpaired) electrons. The van der Waals surface area contributed by atoms with Gasteiger partial charge in [-0.25, -0.2) is 0 Å². The van der Waals surface area contributed by atoms with Gasteiger partial charge < -0.3 is 14.2 Å². The van der Waals surface area contributed by atoms with Crippen molar-refractivity contribution in [2.45, 2.75) is 264 Å². The highest BCUT2D eigenvalue weighted by Crippen LogP contribution is 2.16. The molecule has 0 amide bonds. The average molecular weight is 867 g/mol. The standard InChI is InChI=1S/C56H98O6/c1-4-7-10-13-16-19-21-23-25-27-28-29-31-32-34-37-40-43-46-49-55(58)61-52-53(51-60-54(57)48-45-42-39-36-18-15-12-9-6-3)62-56(59)50-47-44-41-38-35-33-30-26-24-22-20-17-14-11-8-5-2/h8,11,17,20,24,26,33,35,41,44,53H,4-7,9-10,12-16,18-19,21-23,25,27-32,34,36-40,42-43,45-52H2,1-3H3/b11-8-,20-17-,26-24-,35-33-,44-41-. The highest BCUT2D eigenvalue weighted by atomic mass is 16.6. The van der Waals surface area contributed by atoms with Crippen molar-refractivity contribution in [3.63, 3.8) is 0 Å². The van der Waals surface area contributed by atoms with E-state index in [2.05, 4.69) is 69.4 Å². The van der Waals surface area contributed by atoms with Crippen LogP contribution in [0.15, 0.2) is 60.8 Å². The minimum atomic E-state index is -0.808. The van der Waals surface area contributed by atoms with Crippen molar-refractivity contribution < 1.29 is 28.6 Å². The van der Waals surface area contributed by atoms with Crippen molar-refractivity contribution in [2.24, 2.45) is 0 Å². The molecule has 0 fully saturated rings. The maximum atomic E-state index is 12.7. The first-order valence-corrected chi connectivity index (χ1v) is 26.3. The number of allylic oxidation sites excluding steroid dienone is 10. The van der Waals surface area contributed by atoms with Crippen LogP contribution in [0.3, 0.4) is 0 Å². The second-order valence-electron chi connectivity index (χ2n) is 17.4. The molecule has 0 aliphatic carbocycles. The molecule has 0 saturated heterocycles. The van der Waals surface area contributed by atoms with Crippen molar-refractivity contribution in [3.05, 3.63) is 60.8 Å². The largest absolute Gasteiger partial charge is 0.462 e. The molecule has 0 aliphatic rings. The zero-order valence-electron chi connectivity index (χ0n) is 40.9. The summed E-state index contributed by atoms with van der Waals surface area (Å²) in [5, 5.41) is 0. The number of hydrogen-bond donors (Lipinski definition) is 0. The first-order valence-electron chi connectivity index (χ1n) is 26.3. The van der Waals surface area contributed by atoms with E-state index in [0.29, 0.717) is 19.3 Å². The van der Waals surface area contributed by atoms with E-state index in [0.717, 1.165) is 70.6 Å². The summed E-state index contributed by atoms with van der Waals surface area (Å²) >= 11 is 0. The number of ether oxygens (including phenoxy) is 3. The molecule has 0 heterocycles. The van der Waals surface area contributed by atoms with Gasteiger partial charge in [0, 0.05) is 19.3 Å². The lowest BCUT2D eigenvalue weighted by Gasteiger charge is -2.18. The molecule has 1 atom stereocenters. The lowest BCUT2D eigenvalue weighted by atomic mass is 10.0. The van der Waals surface area contributed by atoms with Gasteiger partial charge in [-0.15, -0.1) is 0 Å². The Morgan fingerprint density at radius 2 is 0.629 bits per heavy atom. The zero-order valence-corrected chi connectivity index (χ0v) is 40.9. The molecule has 62 heavy (non-hydrogen) atoms. The summed E-state index contributed by atoms with van der Waals surface area (Å²) in [5.41, 5.74) is 0. The predicted octanol–water partition coefficient (Wildman–Crippen LogP) is 17.3. The molecule has 0 aromatic rings. The van der Waals surface area contributed by atoms with Gasteiger partial charge in [0.2, 0.25) is 0 Å². The Morgan fingerprint density at radius 3 is 0.952 bits per heavy atom. The third-order valence-corrected chi connectivity index (χ3v) is 11.3. The smallest absolute Gasteiger partial charge is 0.306 e. The number of rotatable bonds is 47. The van der Waals surface area contributed by atoms with E-state index >= 15 is 0 Å². The highest BCUT2D eigenvalue weighted by Gasteiger charge is 2.19. The summed E-state index contributed by atoms with van der Waals surface area (Å²) in [6.45, 7) is 6.46. The van der Waals surface area contributed by atoms with Crippen LogP contribution in [0.4, 0.5) is 0 Å². The fraction of sp³-hybridized carbons (Fsp3) is 0.768. The molecule has 6 heteroatoms. The van der Waals surface area contributed by atoms with Gasteiger partial charge in [-0.2, -0.15) is 0 Å². The van der Waals surface area contributed by atoms with Crippen LogP contribution < -0.4 is 0 Å². The predicted molar refractivity (Wildman–Crippen MR) is 265 cm³/mol. The van der Waals surface area contributed by atoms with Crippen molar-refractivity contribution in [2.75, 3.05) is 13.2 Å².